The lowest BCUT2D eigenvalue weighted by atomic mass is 10.1. The monoisotopic (exact) mass is 397 g/mol. The molecule has 1 fully saturated rings. The van der Waals surface area contributed by atoms with Crippen molar-refractivity contribution in [2.24, 2.45) is 4.99 Å². The normalized spacial score (nSPS) is 17.1. The number of rotatable bonds is 7. The number of alkyl halides is 3. The summed E-state index contributed by atoms with van der Waals surface area (Å²) in [5, 5.41) is 6.14. The minimum atomic E-state index is -4.37. The molecule has 1 unspecified atom stereocenters. The fourth-order valence-electron chi connectivity index (χ4n) is 2.64. The van der Waals surface area contributed by atoms with Crippen LogP contribution >= 0.6 is 0 Å². The van der Waals surface area contributed by atoms with Gasteiger partial charge in [0.2, 0.25) is 0 Å². The highest BCUT2D eigenvalue weighted by Gasteiger charge is 2.30. The van der Waals surface area contributed by atoms with E-state index in [4.69, 9.17) is 9.47 Å². The summed E-state index contributed by atoms with van der Waals surface area (Å²) < 4.78 is 49.1. The van der Waals surface area contributed by atoms with Crippen molar-refractivity contribution in [3.63, 3.8) is 0 Å². The molecule has 0 saturated carbocycles. The Labute approximate surface area is 163 Å². The predicted octanol–water partition coefficient (Wildman–Crippen LogP) is 2.81. The highest BCUT2D eigenvalue weighted by molar-refractivity contribution is 5.79. The molecule has 1 aliphatic rings. The SMILES string of the molecule is CN=C(NCC#Cc1cccc(C(F)(F)F)c1)NCCCOCC1CCCO1. The van der Waals surface area contributed by atoms with E-state index in [2.05, 4.69) is 27.5 Å². The smallest absolute Gasteiger partial charge is 0.379 e. The zero-order chi connectivity index (χ0) is 20.2. The van der Waals surface area contributed by atoms with Crippen LogP contribution in [0.15, 0.2) is 29.3 Å². The summed E-state index contributed by atoms with van der Waals surface area (Å²) in [5.74, 6) is 6.10. The Morgan fingerprint density at radius 1 is 1.36 bits per heavy atom. The lowest BCUT2D eigenvalue weighted by Crippen LogP contribution is -2.38. The Kier molecular flexibility index (Phi) is 9.11. The van der Waals surface area contributed by atoms with Gasteiger partial charge in [0.05, 0.1) is 24.8 Å². The zero-order valence-electron chi connectivity index (χ0n) is 15.9. The minimum absolute atomic E-state index is 0.234. The van der Waals surface area contributed by atoms with E-state index in [1.807, 2.05) is 0 Å². The van der Waals surface area contributed by atoms with Crippen LogP contribution in [0.5, 0.6) is 0 Å². The van der Waals surface area contributed by atoms with Crippen molar-refractivity contribution in [1.29, 1.82) is 0 Å². The second-order valence-electron chi connectivity index (χ2n) is 6.30. The van der Waals surface area contributed by atoms with Gasteiger partial charge in [0.25, 0.3) is 0 Å². The summed E-state index contributed by atoms with van der Waals surface area (Å²) >= 11 is 0. The van der Waals surface area contributed by atoms with Crippen LogP contribution in [0.1, 0.15) is 30.4 Å². The summed E-state index contributed by atoms with van der Waals surface area (Å²) in [6, 6.07) is 4.96. The molecule has 0 radical (unpaired) electrons. The Bertz CT molecular complexity index is 690. The molecule has 5 nitrogen and oxygen atoms in total. The number of hydrogen-bond donors (Lipinski definition) is 2. The first-order chi connectivity index (χ1) is 13.5. The molecule has 8 heteroatoms. The van der Waals surface area contributed by atoms with Crippen LogP contribution in [-0.2, 0) is 15.7 Å². The highest BCUT2D eigenvalue weighted by Crippen LogP contribution is 2.29. The topological polar surface area (TPSA) is 54.9 Å². The van der Waals surface area contributed by atoms with Gasteiger partial charge < -0.3 is 20.1 Å². The highest BCUT2D eigenvalue weighted by atomic mass is 19.4. The van der Waals surface area contributed by atoms with Crippen molar-refractivity contribution in [2.75, 3.05) is 40.0 Å². The first-order valence-electron chi connectivity index (χ1n) is 9.29. The number of nitrogens with one attached hydrogen (secondary N) is 2. The van der Waals surface area contributed by atoms with Gasteiger partial charge in [-0.1, -0.05) is 17.9 Å². The lowest BCUT2D eigenvalue weighted by molar-refractivity contribution is -0.137. The van der Waals surface area contributed by atoms with Gasteiger partial charge in [-0.15, -0.1) is 0 Å². The summed E-state index contributed by atoms with van der Waals surface area (Å²) in [7, 11) is 1.64. The largest absolute Gasteiger partial charge is 0.416 e. The summed E-state index contributed by atoms with van der Waals surface area (Å²) in [6.45, 7) is 3.06. The maximum absolute atomic E-state index is 12.7. The van der Waals surface area contributed by atoms with Crippen LogP contribution < -0.4 is 10.6 Å². The van der Waals surface area contributed by atoms with Gasteiger partial charge in [0, 0.05) is 32.4 Å². The first kappa shape index (κ1) is 22.1. The molecule has 0 aromatic heterocycles. The van der Waals surface area contributed by atoms with Gasteiger partial charge in [-0.25, -0.2) is 0 Å². The zero-order valence-corrected chi connectivity index (χ0v) is 15.9. The van der Waals surface area contributed by atoms with Crippen LogP contribution in [0.3, 0.4) is 0 Å². The van der Waals surface area contributed by atoms with Crippen molar-refractivity contribution in [2.45, 2.75) is 31.5 Å². The summed E-state index contributed by atoms with van der Waals surface area (Å²) in [4.78, 5) is 4.08. The summed E-state index contributed by atoms with van der Waals surface area (Å²) in [5.41, 5.74) is -0.380. The molecule has 1 aliphatic heterocycles. The molecule has 0 bridgehead atoms. The van der Waals surface area contributed by atoms with Crippen LogP contribution in [-0.4, -0.2) is 52.0 Å². The molecule has 28 heavy (non-hydrogen) atoms. The number of guanidine groups is 1. The standard InChI is InChI=1S/C20H26F3N3O2/c1-24-19(26-11-5-12-27-15-18-9-4-13-28-18)25-10-3-7-16-6-2-8-17(14-16)20(21,22)23/h2,6,8,14,18H,4-5,9-13,15H2,1H3,(H2,24,25,26). The van der Waals surface area contributed by atoms with Gasteiger partial charge in [0.1, 0.15) is 0 Å². The number of nitrogens with zero attached hydrogens (tertiary/aromatic N) is 1. The van der Waals surface area contributed by atoms with E-state index >= 15 is 0 Å². The van der Waals surface area contributed by atoms with Gasteiger partial charge in [-0.2, -0.15) is 13.2 Å². The second kappa shape index (κ2) is 11.6. The van der Waals surface area contributed by atoms with E-state index in [1.165, 1.54) is 6.07 Å². The van der Waals surface area contributed by atoms with E-state index in [1.54, 1.807) is 13.1 Å². The number of benzene rings is 1. The molecule has 2 rings (SSSR count). The van der Waals surface area contributed by atoms with E-state index in [0.29, 0.717) is 31.3 Å². The van der Waals surface area contributed by atoms with Crippen LogP contribution in [0.25, 0.3) is 0 Å². The predicted molar refractivity (Wildman–Crippen MR) is 102 cm³/mol. The molecule has 1 aromatic carbocycles. The Balaban J connectivity index is 1.63. The van der Waals surface area contributed by atoms with E-state index < -0.39 is 11.7 Å². The molecule has 0 spiro atoms. The molecular formula is C20H26F3N3O2. The van der Waals surface area contributed by atoms with Crippen molar-refractivity contribution in [3.05, 3.63) is 35.4 Å². The molecule has 2 N–H and O–H groups in total. The Morgan fingerprint density at radius 2 is 2.21 bits per heavy atom. The molecule has 1 aromatic rings. The number of ether oxygens (including phenoxy) is 2. The lowest BCUT2D eigenvalue weighted by Gasteiger charge is -2.11. The van der Waals surface area contributed by atoms with Crippen molar-refractivity contribution in [3.8, 4) is 11.8 Å². The molecule has 154 valence electrons. The van der Waals surface area contributed by atoms with Crippen molar-refractivity contribution < 1.29 is 22.6 Å². The quantitative estimate of drug-likeness (QED) is 0.322. The van der Waals surface area contributed by atoms with Gasteiger partial charge in [-0.3, -0.25) is 4.99 Å². The molecule has 1 atom stereocenters. The number of aliphatic imine (C=N–C) groups is 1. The fraction of sp³-hybridized carbons (Fsp3) is 0.550. The Morgan fingerprint density at radius 3 is 2.93 bits per heavy atom. The second-order valence-corrected chi connectivity index (χ2v) is 6.30. The molecule has 0 aliphatic carbocycles. The van der Waals surface area contributed by atoms with Gasteiger partial charge in [-0.05, 0) is 37.5 Å². The molecular weight excluding hydrogens is 371 g/mol. The van der Waals surface area contributed by atoms with Crippen LogP contribution in [0.2, 0.25) is 0 Å². The van der Waals surface area contributed by atoms with Crippen LogP contribution in [0.4, 0.5) is 13.2 Å². The minimum Gasteiger partial charge on any atom is -0.379 e. The number of halogens is 3. The van der Waals surface area contributed by atoms with E-state index in [-0.39, 0.29) is 12.6 Å². The average molecular weight is 397 g/mol. The van der Waals surface area contributed by atoms with Gasteiger partial charge >= 0.3 is 6.18 Å². The van der Waals surface area contributed by atoms with Crippen molar-refractivity contribution in [1.82, 2.24) is 10.6 Å². The Hall–Kier alpha value is -2.24. The van der Waals surface area contributed by atoms with Crippen LogP contribution in [0, 0.1) is 11.8 Å². The third kappa shape index (κ3) is 8.19. The van der Waals surface area contributed by atoms with Crippen molar-refractivity contribution >= 4 is 5.96 Å². The van der Waals surface area contributed by atoms with E-state index in [0.717, 1.165) is 38.0 Å². The molecule has 1 heterocycles. The van der Waals surface area contributed by atoms with E-state index in [9.17, 15) is 13.2 Å². The maximum Gasteiger partial charge on any atom is 0.416 e. The number of hydrogen-bond acceptors (Lipinski definition) is 3. The third-order valence-corrected chi connectivity index (χ3v) is 4.08. The maximum atomic E-state index is 12.7. The molecule has 0 amide bonds. The third-order valence-electron chi connectivity index (χ3n) is 4.08. The average Bonchev–Trinajstić information content (AvgIpc) is 3.19. The van der Waals surface area contributed by atoms with Gasteiger partial charge in [0.15, 0.2) is 5.96 Å². The summed E-state index contributed by atoms with van der Waals surface area (Å²) in [6.07, 6.45) is -1.14. The molecule has 1 saturated heterocycles. The fourth-order valence-corrected chi connectivity index (χ4v) is 2.64. The first-order valence-corrected chi connectivity index (χ1v) is 9.29.